The zero-order valence-electron chi connectivity index (χ0n) is 26.6. The predicted octanol–water partition coefficient (Wildman–Crippen LogP) is 11.3. The number of nitrogens with zero attached hydrogens (tertiary/aromatic N) is 4. The van der Waals surface area contributed by atoms with Gasteiger partial charge >= 0.3 is 0 Å². The minimum absolute atomic E-state index is 0.651. The summed E-state index contributed by atoms with van der Waals surface area (Å²) in [6.45, 7) is 0. The van der Waals surface area contributed by atoms with Crippen molar-refractivity contribution < 1.29 is 0 Å². The van der Waals surface area contributed by atoms with Crippen LogP contribution in [-0.2, 0) is 0 Å². The van der Waals surface area contributed by atoms with Crippen LogP contribution >= 0.6 is 0 Å². The first kappa shape index (κ1) is 28.6. The average Bonchev–Trinajstić information content (AvgIpc) is 3.52. The van der Waals surface area contributed by atoms with Gasteiger partial charge in [0.1, 0.15) is 0 Å². The molecular formula is C45H30N4. The maximum atomic E-state index is 4.88. The third kappa shape index (κ3) is 5.35. The first-order valence-corrected chi connectivity index (χ1v) is 16.5. The number of para-hydroxylation sites is 2. The minimum atomic E-state index is 0.651. The Hall–Kier alpha value is -6.65. The maximum Gasteiger partial charge on any atom is 0.164 e. The standard InChI is InChI=1S/C45H30N4/c1-4-12-34(13-5-1)43-46-44(35-14-6-2-7-15-35)48-45(47-43)36-26-24-32(25-27-36)31-20-22-33(23-21-31)37-28-29-42-40(30-37)39-18-10-11-19-41(39)49(42)38-16-8-3-9-17-38/h1-30H. The van der Waals surface area contributed by atoms with Crippen molar-refractivity contribution in [1.82, 2.24) is 19.5 Å². The van der Waals surface area contributed by atoms with E-state index in [-0.39, 0.29) is 0 Å². The van der Waals surface area contributed by atoms with Crippen molar-refractivity contribution in [3.05, 3.63) is 182 Å². The topological polar surface area (TPSA) is 43.6 Å². The van der Waals surface area contributed by atoms with Gasteiger partial charge in [0, 0.05) is 33.2 Å². The van der Waals surface area contributed by atoms with E-state index < -0.39 is 0 Å². The third-order valence-corrected chi connectivity index (χ3v) is 9.08. The fourth-order valence-electron chi connectivity index (χ4n) is 6.61. The van der Waals surface area contributed by atoms with E-state index in [0.717, 1.165) is 27.8 Å². The summed E-state index contributed by atoms with van der Waals surface area (Å²) >= 11 is 0. The van der Waals surface area contributed by atoms with Crippen LogP contribution < -0.4 is 0 Å². The van der Waals surface area contributed by atoms with Gasteiger partial charge in [-0.15, -0.1) is 0 Å². The molecular weight excluding hydrogens is 597 g/mol. The van der Waals surface area contributed by atoms with Crippen LogP contribution in [0.4, 0.5) is 0 Å². The Morgan fingerprint density at radius 2 is 0.673 bits per heavy atom. The molecule has 49 heavy (non-hydrogen) atoms. The number of hydrogen-bond donors (Lipinski definition) is 0. The first-order chi connectivity index (χ1) is 24.3. The molecule has 0 saturated heterocycles. The monoisotopic (exact) mass is 626 g/mol. The van der Waals surface area contributed by atoms with Gasteiger partial charge in [-0.3, -0.25) is 0 Å². The fraction of sp³-hybridized carbons (Fsp3) is 0. The van der Waals surface area contributed by atoms with Gasteiger partial charge in [0.15, 0.2) is 17.5 Å². The van der Waals surface area contributed by atoms with Crippen LogP contribution in [0.2, 0.25) is 0 Å². The molecule has 4 heteroatoms. The first-order valence-electron chi connectivity index (χ1n) is 16.5. The Morgan fingerprint density at radius 1 is 0.286 bits per heavy atom. The van der Waals surface area contributed by atoms with E-state index in [9.17, 15) is 0 Å². The molecule has 4 nitrogen and oxygen atoms in total. The Morgan fingerprint density at radius 3 is 1.22 bits per heavy atom. The molecule has 2 aromatic heterocycles. The SMILES string of the molecule is c1ccc(-c2nc(-c3ccccc3)nc(-c3ccc(-c4ccc(-c5ccc6c(c5)c5ccccc5n6-c5ccccc5)cc4)cc3)n2)cc1. The van der Waals surface area contributed by atoms with Gasteiger partial charge in [0.05, 0.1) is 11.0 Å². The molecule has 9 aromatic rings. The lowest BCUT2D eigenvalue weighted by Crippen LogP contribution is -2.00. The van der Waals surface area contributed by atoms with E-state index in [2.05, 4.69) is 126 Å². The zero-order chi connectivity index (χ0) is 32.6. The van der Waals surface area contributed by atoms with E-state index in [0.29, 0.717) is 17.5 Å². The highest BCUT2D eigenvalue weighted by Crippen LogP contribution is 2.35. The average molecular weight is 627 g/mol. The van der Waals surface area contributed by atoms with Gasteiger partial charge < -0.3 is 4.57 Å². The van der Waals surface area contributed by atoms with Crippen LogP contribution in [0.1, 0.15) is 0 Å². The second kappa shape index (κ2) is 12.2. The minimum Gasteiger partial charge on any atom is -0.309 e. The van der Waals surface area contributed by atoms with E-state index >= 15 is 0 Å². The molecule has 0 atom stereocenters. The van der Waals surface area contributed by atoms with E-state index in [1.807, 2.05) is 60.7 Å². The molecule has 0 radical (unpaired) electrons. The Balaban J connectivity index is 1.03. The molecule has 0 bridgehead atoms. The number of rotatable bonds is 6. The highest BCUT2D eigenvalue weighted by Gasteiger charge is 2.14. The van der Waals surface area contributed by atoms with Crippen molar-refractivity contribution in [3.63, 3.8) is 0 Å². The number of benzene rings is 7. The van der Waals surface area contributed by atoms with Crippen LogP contribution in [-0.4, -0.2) is 19.5 Å². The smallest absolute Gasteiger partial charge is 0.164 e. The van der Waals surface area contributed by atoms with Crippen molar-refractivity contribution in [2.45, 2.75) is 0 Å². The third-order valence-electron chi connectivity index (χ3n) is 9.08. The van der Waals surface area contributed by atoms with Crippen LogP contribution in [0.15, 0.2) is 182 Å². The summed E-state index contributed by atoms with van der Waals surface area (Å²) in [4.78, 5) is 14.6. The summed E-state index contributed by atoms with van der Waals surface area (Å²) in [5.41, 5.74) is 11.1. The second-order valence-electron chi connectivity index (χ2n) is 12.1. The van der Waals surface area contributed by atoms with Gasteiger partial charge in [0.2, 0.25) is 0 Å². The van der Waals surface area contributed by atoms with Crippen molar-refractivity contribution in [3.8, 4) is 62.1 Å². The largest absolute Gasteiger partial charge is 0.309 e. The molecule has 0 amide bonds. The molecule has 0 aliphatic carbocycles. The molecule has 9 rings (SSSR count). The molecule has 0 spiro atoms. The quantitative estimate of drug-likeness (QED) is 0.184. The molecule has 0 aliphatic rings. The summed E-state index contributed by atoms with van der Waals surface area (Å²) in [5, 5.41) is 2.51. The highest BCUT2D eigenvalue weighted by atomic mass is 15.0. The molecule has 230 valence electrons. The van der Waals surface area contributed by atoms with Crippen LogP contribution in [0.3, 0.4) is 0 Å². The summed E-state index contributed by atoms with van der Waals surface area (Å²) in [6.07, 6.45) is 0. The normalized spacial score (nSPS) is 11.3. The van der Waals surface area contributed by atoms with E-state index in [1.165, 1.54) is 38.6 Å². The van der Waals surface area contributed by atoms with E-state index in [1.54, 1.807) is 0 Å². The van der Waals surface area contributed by atoms with Crippen LogP contribution in [0.5, 0.6) is 0 Å². The fourth-order valence-corrected chi connectivity index (χ4v) is 6.61. The molecule has 0 unspecified atom stereocenters. The van der Waals surface area contributed by atoms with Gasteiger partial charge in [-0.1, -0.05) is 152 Å². The molecule has 0 saturated carbocycles. The summed E-state index contributed by atoms with van der Waals surface area (Å²) in [7, 11) is 0. The van der Waals surface area contributed by atoms with Crippen molar-refractivity contribution >= 4 is 21.8 Å². The van der Waals surface area contributed by atoms with Gasteiger partial charge in [-0.25, -0.2) is 15.0 Å². The lowest BCUT2D eigenvalue weighted by molar-refractivity contribution is 1.07. The number of hydrogen-bond acceptors (Lipinski definition) is 3. The number of aromatic nitrogens is 4. The lowest BCUT2D eigenvalue weighted by Gasteiger charge is -2.10. The molecule has 2 heterocycles. The van der Waals surface area contributed by atoms with Crippen molar-refractivity contribution in [1.29, 1.82) is 0 Å². The maximum absolute atomic E-state index is 4.88. The lowest BCUT2D eigenvalue weighted by atomic mass is 9.98. The Labute approximate surface area is 284 Å². The van der Waals surface area contributed by atoms with Gasteiger partial charge in [-0.05, 0) is 52.6 Å². The molecule has 0 aliphatic heterocycles. The van der Waals surface area contributed by atoms with Crippen LogP contribution in [0, 0.1) is 0 Å². The Bertz CT molecular complexity index is 2500. The zero-order valence-corrected chi connectivity index (χ0v) is 26.6. The van der Waals surface area contributed by atoms with E-state index in [4.69, 9.17) is 15.0 Å². The van der Waals surface area contributed by atoms with Gasteiger partial charge in [-0.2, -0.15) is 0 Å². The highest BCUT2D eigenvalue weighted by molar-refractivity contribution is 6.10. The van der Waals surface area contributed by atoms with Crippen molar-refractivity contribution in [2.75, 3.05) is 0 Å². The molecule has 7 aromatic carbocycles. The van der Waals surface area contributed by atoms with Crippen LogP contribution in [0.25, 0.3) is 83.9 Å². The summed E-state index contributed by atoms with van der Waals surface area (Å²) < 4.78 is 2.35. The predicted molar refractivity (Wildman–Crippen MR) is 201 cm³/mol. The second-order valence-corrected chi connectivity index (χ2v) is 12.1. The summed E-state index contributed by atoms with van der Waals surface area (Å²) in [6, 6.07) is 63.5. The number of fused-ring (bicyclic) bond motifs is 3. The van der Waals surface area contributed by atoms with Crippen molar-refractivity contribution in [2.24, 2.45) is 0 Å². The molecule has 0 fully saturated rings. The molecule has 0 N–H and O–H groups in total. The summed E-state index contributed by atoms with van der Waals surface area (Å²) in [5.74, 6) is 1.97. The Kier molecular flexibility index (Phi) is 7.10. The van der Waals surface area contributed by atoms with Gasteiger partial charge in [0.25, 0.3) is 0 Å².